The number of thioether (sulfide) groups is 1. The zero-order valence-corrected chi connectivity index (χ0v) is 36.3. The van der Waals surface area contributed by atoms with Crippen LogP contribution in [0.3, 0.4) is 0 Å². The molecule has 61 heavy (non-hydrogen) atoms. The maximum absolute atomic E-state index is 13.9. The van der Waals surface area contributed by atoms with Gasteiger partial charge in [0.25, 0.3) is 17.7 Å². The zero-order chi connectivity index (χ0) is 45.5. The number of pyridine rings is 1. The van der Waals surface area contributed by atoms with Crippen molar-refractivity contribution in [2.24, 2.45) is 16.0 Å². The standard InChI is InChI=1S/C39H45N7O13S2/c1-10-45-14-19(27(47)18-11-22(57-34(55)37(2,3)4)23(12-21(18)45)58-35(56)38(5,6)7)28(48)41-13-17-15-60-31-25(30(50)46(31)26(17)32(51)52)43-29(49)24(20-16-61-36(40)42-20)44-59-39(8,9)33(53)54/h11-12,14,16,25,31H,10,13,15H2,1-9H3,(H2,40,42)(H,41,48)(H,43,49)(H,51,52)(H,53,54)/b44-24-/t25?,31-/m1/s1. The number of fused-ring (bicyclic) bond motifs is 2. The van der Waals surface area contributed by atoms with Crippen LogP contribution in [-0.2, 0) is 40.1 Å². The number of anilines is 1. The predicted octanol–water partition coefficient (Wildman–Crippen LogP) is 2.72. The molecule has 4 heterocycles. The van der Waals surface area contributed by atoms with Crippen LogP contribution in [0.15, 0.2) is 44.9 Å². The number of thiazole rings is 1. The van der Waals surface area contributed by atoms with Gasteiger partial charge in [-0.15, -0.1) is 23.1 Å². The molecule has 22 heteroatoms. The molecular formula is C39H45N7O13S2. The van der Waals surface area contributed by atoms with Crippen LogP contribution in [0.2, 0.25) is 0 Å². The largest absolute Gasteiger partial charge is 0.478 e. The van der Waals surface area contributed by atoms with Gasteiger partial charge in [-0.1, -0.05) is 5.16 Å². The second-order valence-electron chi connectivity index (χ2n) is 16.5. The molecule has 1 unspecified atom stereocenters. The average molecular weight is 884 g/mol. The number of β-lactam (4-membered cyclic amide) rings is 1. The number of carboxylic acids is 2. The van der Waals surface area contributed by atoms with E-state index in [1.165, 1.54) is 37.6 Å². The molecule has 2 aliphatic heterocycles. The summed E-state index contributed by atoms with van der Waals surface area (Å²) < 4.78 is 12.8. The number of nitrogens with one attached hydrogen (secondary N) is 2. The highest BCUT2D eigenvalue weighted by Crippen LogP contribution is 2.40. The van der Waals surface area contributed by atoms with E-state index < -0.39 is 86.3 Å². The topological polar surface area (TPSA) is 288 Å². The Morgan fingerprint density at radius 1 is 0.967 bits per heavy atom. The fourth-order valence-corrected chi connectivity index (χ4v) is 7.49. The Morgan fingerprint density at radius 2 is 1.57 bits per heavy atom. The van der Waals surface area contributed by atoms with Crippen molar-refractivity contribution in [1.29, 1.82) is 0 Å². The summed E-state index contributed by atoms with van der Waals surface area (Å²) in [6.45, 7) is 13.8. The van der Waals surface area contributed by atoms with Crippen LogP contribution in [0.5, 0.6) is 11.5 Å². The Morgan fingerprint density at radius 3 is 2.10 bits per heavy atom. The summed E-state index contributed by atoms with van der Waals surface area (Å²) in [5.41, 5.74) is 0.300. The lowest BCUT2D eigenvalue weighted by atomic mass is 9.97. The number of nitrogens with zero attached hydrogens (tertiary/aromatic N) is 4. The molecule has 0 bridgehead atoms. The van der Waals surface area contributed by atoms with Gasteiger partial charge in [-0.3, -0.25) is 33.7 Å². The van der Waals surface area contributed by atoms with Crippen LogP contribution < -0.4 is 31.3 Å². The number of carbonyl (C=O) groups excluding carboxylic acids is 5. The number of rotatable bonds is 13. The summed E-state index contributed by atoms with van der Waals surface area (Å²) in [6.07, 6.45) is 1.30. The number of benzene rings is 1. The Labute approximate surface area is 356 Å². The minimum absolute atomic E-state index is 0.0162. The van der Waals surface area contributed by atoms with E-state index in [0.29, 0.717) is 0 Å². The van der Waals surface area contributed by atoms with Gasteiger partial charge in [-0.2, -0.15) is 0 Å². The van der Waals surface area contributed by atoms with Crippen LogP contribution in [0.25, 0.3) is 10.9 Å². The number of aromatic nitrogens is 2. The van der Waals surface area contributed by atoms with Gasteiger partial charge in [0.2, 0.25) is 11.0 Å². The number of aryl methyl sites for hydroxylation is 1. The van der Waals surface area contributed by atoms with E-state index in [4.69, 9.17) is 20.0 Å². The normalized spacial score (nSPS) is 17.0. The van der Waals surface area contributed by atoms with Gasteiger partial charge in [0.1, 0.15) is 28.4 Å². The minimum Gasteiger partial charge on any atom is -0.478 e. The molecule has 0 saturated carbocycles. The van der Waals surface area contributed by atoms with Gasteiger partial charge in [0, 0.05) is 36.5 Å². The highest BCUT2D eigenvalue weighted by atomic mass is 32.2. The van der Waals surface area contributed by atoms with Crippen molar-refractivity contribution >= 4 is 86.4 Å². The van der Waals surface area contributed by atoms with Gasteiger partial charge in [0.05, 0.1) is 21.7 Å². The highest BCUT2D eigenvalue weighted by molar-refractivity contribution is 8.00. The number of carboxylic acid groups (broad SMARTS) is 2. The number of ether oxygens (including phenoxy) is 2. The first-order valence-corrected chi connectivity index (χ1v) is 20.5. The molecule has 6 N–H and O–H groups in total. The molecule has 326 valence electrons. The lowest BCUT2D eigenvalue weighted by Gasteiger charge is -2.49. The average Bonchev–Trinajstić information content (AvgIpc) is 3.60. The molecule has 5 rings (SSSR count). The number of esters is 2. The van der Waals surface area contributed by atoms with Crippen molar-refractivity contribution in [3.8, 4) is 11.5 Å². The zero-order valence-electron chi connectivity index (χ0n) is 34.7. The number of oxime groups is 1. The summed E-state index contributed by atoms with van der Waals surface area (Å²) in [5, 5.41) is 29.0. The minimum atomic E-state index is -1.84. The Kier molecular flexibility index (Phi) is 12.8. The third kappa shape index (κ3) is 9.54. The monoisotopic (exact) mass is 883 g/mol. The van der Waals surface area contributed by atoms with Gasteiger partial charge in [-0.05, 0) is 74.0 Å². The van der Waals surface area contributed by atoms with E-state index in [1.54, 1.807) is 53.0 Å². The SMILES string of the molecule is CCn1cc(C(=O)NCC2=C(C(=O)O)N3C(=O)C(NC(=O)/C(=N\OC(C)(C)C(=O)O)c4csc(N)n4)[C@H]3SC2)c(=O)c2cc(OC(=O)C(C)(C)C)c(OC(=O)C(C)(C)C)cc21. The quantitative estimate of drug-likeness (QED) is 0.0542. The summed E-state index contributed by atoms with van der Waals surface area (Å²) in [5.74, 6) is -7.17. The summed E-state index contributed by atoms with van der Waals surface area (Å²) in [4.78, 5) is 115. The van der Waals surface area contributed by atoms with Crippen molar-refractivity contribution in [3.63, 3.8) is 0 Å². The number of aliphatic carboxylic acids is 2. The van der Waals surface area contributed by atoms with Crippen molar-refractivity contribution < 1.29 is 58.1 Å². The first-order valence-electron chi connectivity index (χ1n) is 18.6. The Hall–Kier alpha value is -6.29. The Bertz CT molecular complexity index is 2490. The molecule has 3 amide bonds. The van der Waals surface area contributed by atoms with E-state index in [0.717, 1.165) is 28.0 Å². The molecule has 0 aliphatic carbocycles. The molecule has 0 radical (unpaired) electrons. The molecule has 2 aromatic heterocycles. The van der Waals surface area contributed by atoms with Gasteiger partial charge >= 0.3 is 23.9 Å². The van der Waals surface area contributed by atoms with E-state index in [-0.39, 0.29) is 63.2 Å². The second kappa shape index (κ2) is 17.0. The van der Waals surface area contributed by atoms with E-state index in [2.05, 4.69) is 20.8 Å². The molecule has 2 aliphatic rings. The first-order chi connectivity index (χ1) is 28.3. The fraction of sp³-hybridized carbons (Fsp3) is 0.436. The fourth-order valence-electron chi connectivity index (χ4n) is 5.60. The predicted molar refractivity (Wildman–Crippen MR) is 222 cm³/mol. The summed E-state index contributed by atoms with van der Waals surface area (Å²) in [6, 6.07) is 1.37. The third-order valence-electron chi connectivity index (χ3n) is 9.22. The molecule has 20 nitrogen and oxygen atoms in total. The van der Waals surface area contributed by atoms with Crippen LogP contribution >= 0.6 is 23.1 Å². The molecule has 2 atom stereocenters. The van der Waals surface area contributed by atoms with Crippen molar-refractivity contribution in [1.82, 2.24) is 25.1 Å². The molecule has 1 fully saturated rings. The first kappa shape index (κ1) is 45.8. The Balaban J connectivity index is 1.40. The van der Waals surface area contributed by atoms with Crippen LogP contribution in [0, 0.1) is 10.8 Å². The third-order valence-corrected chi connectivity index (χ3v) is 11.2. The van der Waals surface area contributed by atoms with Gasteiger partial charge < -0.3 is 45.5 Å². The van der Waals surface area contributed by atoms with Crippen LogP contribution in [-0.4, -0.2) is 101 Å². The highest BCUT2D eigenvalue weighted by Gasteiger charge is 2.54. The van der Waals surface area contributed by atoms with Crippen LogP contribution in [0.1, 0.15) is 78.4 Å². The number of amides is 3. The van der Waals surface area contributed by atoms with E-state index in [9.17, 15) is 48.6 Å². The smallest absolute Gasteiger partial charge is 0.352 e. The summed E-state index contributed by atoms with van der Waals surface area (Å²) >= 11 is 2.06. The number of carbonyl (C=O) groups is 7. The number of nitrogen functional groups attached to an aromatic ring is 1. The maximum atomic E-state index is 13.9. The van der Waals surface area contributed by atoms with Crippen molar-refractivity contribution in [2.75, 3.05) is 18.0 Å². The maximum Gasteiger partial charge on any atom is 0.352 e. The van der Waals surface area contributed by atoms with E-state index in [1.807, 2.05) is 0 Å². The van der Waals surface area contributed by atoms with E-state index >= 15 is 0 Å². The van der Waals surface area contributed by atoms with Gasteiger partial charge in [0.15, 0.2) is 22.3 Å². The number of hydrogen-bond donors (Lipinski definition) is 5. The van der Waals surface area contributed by atoms with Crippen LogP contribution in [0.4, 0.5) is 5.13 Å². The van der Waals surface area contributed by atoms with Crippen molar-refractivity contribution in [2.45, 2.75) is 85.9 Å². The lowest BCUT2D eigenvalue weighted by Crippen LogP contribution is -2.71. The molecule has 1 aromatic carbocycles. The molecule has 1 saturated heterocycles. The molecular weight excluding hydrogens is 839 g/mol. The second-order valence-corrected chi connectivity index (χ2v) is 18.5. The van der Waals surface area contributed by atoms with Crippen molar-refractivity contribution in [3.05, 3.63) is 56.5 Å². The van der Waals surface area contributed by atoms with Gasteiger partial charge in [-0.25, -0.2) is 14.6 Å². The lowest BCUT2D eigenvalue weighted by molar-refractivity contribution is -0.161. The number of hydrogen-bond acceptors (Lipinski definition) is 16. The molecule has 3 aromatic rings. The number of nitrogens with two attached hydrogens (primary N) is 1. The molecule has 0 spiro atoms. The summed E-state index contributed by atoms with van der Waals surface area (Å²) in [7, 11) is 0.